The van der Waals surface area contributed by atoms with Crippen molar-refractivity contribution in [3.63, 3.8) is 0 Å². The van der Waals surface area contributed by atoms with Gasteiger partial charge in [-0.25, -0.2) is 4.98 Å². The average Bonchev–Trinajstić information content (AvgIpc) is 2.91. The minimum Gasteiger partial charge on any atom is -0.368 e. The molecule has 0 atom stereocenters. The lowest BCUT2D eigenvalue weighted by atomic mass is 10.2. The van der Waals surface area contributed by atoms with Crippen LogP contribution in [0.2, 0.25) is 0 Å². The van der Waals surface area contributed by atoms with E-state index in [2.05, 4.69) is 40.9 Å². The molecule has 0 bridgehead atoms. The summed E-state index contributed by atoms with van der Waals surface area (Å²) in [5.74, 6) is 1.02. The van der Waals surface area contributed by atoms with Crippen LogP contribution in [0, 0.1) is 0 Å². The van der Waals surface area contributed by atoms with Crippen molar-refractivity contribution in [2.24, 2.45) is 0 Å². The SMILES string of the molecule is CC(C)n1cnc2c(N(C)Cc3ccccc3)nc(N)nc21. The predicted octanol–water partition coefficient (Wildman–Crippen LogP) is 2.63. The van der Waals surface area contributed by atoms with Gasteiger partial charge in [0.2, 0.25) is 5.95 Å². The van der Waals surface area contributed by atoms with Crippen molar-refractivity contribution in [1.29, 1.82) is 0 Å². The summed E-state index contributed by atoms with van der Waals surface area (Å²) in [5, 5.41) is 0. The maximum absolute atomic E-state index is 5.89. The van der Waals surface area contributed by atoms with E-state index in [1.807, 2.05) is 34.7 Å². The highest BCUT2D eigenvalue weighted by atomic mass is 15.2. The number of fused-ring (bicyclic) bond motifs is 1. The Morgan fingerprint density at radius 1 is 1.18 bits per heavy atom. The number of hydrogen-bond acceptors (Lipinski definition) is 5. The van der Waals surface area contributed by atoms with Gasteiger partial charge in [-0.15, -0.1) is 0 Å². The normalized spacial score (nSPS) is 11.3. The van der Waals surface area contributed by atoms with Crippen molar-refractivity contribution in [2.75, 3.05) is 17.7 Å². The molecule has 0 saturated carbocycles. The lowest BCUT2D eigenvalue weighted by molar-refractivity contribution is 0.613. The number of nitrogens with zero attached hydrogens (tertiary/aromatic N) is 5. The van der Waals surface area contributed by atoms with Crippen molar-refractivity contribution < 1.29 is 0 Å². The average molecular weight is 296 g/mol. The van der Waals surface area contributed by atoms with Crippen LogP contribution in [0.3, 0.4) is 0 Å². The highest BCUT2D eigenvalue weighted by Gasteiger charge is 2.16. The van der Waals surface area contributed by atoms with Gasteiger partial charge in [0.1, 0.15) is 0 Å². The minimum atomic E-state index is 0.268. The number of aromatic nitrogens is 4. The largest absolute Gasteiger partial charge is 0.368 e. The van der Waals surface area contributed by atoms with E-state index in [1.165, 1.54) is 5.56 Å². The number of imidazole rings is 1. The Kier molecular flexibility index (Phi) is 3.66. The second kappa shape index (κ2) is 5.63. The molecule has 0 saturated heterocycles. The summed E-state index contributed by atoms with van der Waals surface area (Å²) in [6, 6.07) is 10.5. The van der Waals surface area contributed by atoms with Crippen LogP contribution in [0.1, 0.15) is 25.5 Å². The Hall–Kier alpha value is -2.63. The Morgan fingerprint density at radius 3 is 2.59 bits per heavy atom. The highest BCUT2D eigenvalue weighted by molar-refractivity contribution is 5.84. The molecule has 114 valence electrons. The summed E-state index contributed by atoms with van der Waals surface area (Å²) >= 11 is 0. The van der Waals surface area contributed by atoms with Crippen LogP contribution in [0.15, 0.2) is 36.7 Å². The maximum Gasteiger partial charge on any atom is 0.224 e. The lowest BCUT2D eigenvalue weighted by Crippen LogP contribution is -2.19. The molecule has 1 aromatic carbocycles. The molecule has 3 rings (SSSR count). The zero-order valence-electron chi connectivity index (χ0n) is 13.1. The molecular weight excluding hydrogens is 276 g/mol. The number of nitrogen functional groups attached to an aromatic ring is 1. The molecule has 2 N–H and O–H groups in total. The molecule has 2 aromatic heterocycles. The van der Waals surface area contributed by atoms with Gasteiger partial charge in [-0.2, -0.15) is 9.97 Å². The monoisotopic (exact) mass is 296 g/mol. The molecule has 0 aliphatic rings. The third-order valence-corrected chi connectivity index (χ3v) is 3.60. The van der Waals surface area contributed by atoms with Gasteiger partial charge in [-0.05, 0) is 19.4 Å². The topological polar surface area (TPSA) is 72.9 Å². The summed E-state index contributed by atoms with van der Waals surface area (Å²) in [6.45, 7) is 4.92. The summed E-state index contributed by atoms with van der Waals surface area (Å²) in [7, 11) is 1.99. The number of hydrogen-bond donors (Lipinski definition) is 1. The fourth-order valence-corrected chi connectivity index (χ4v) is 2.49. The quantitative estimate of drug-likeness (QED) is 0.801. The Labute approximate surface area is 129 Å². The molecular formula is C16H20N6. The molecule has 0 aliphatic carbocycles. The van der Waals surface area contributed by atoms with E-state index in [1.54, 1.807) is 6.33 Å². The molecule has 3 aromatic rings. The van der Waals surface area contributed by atoms with Crippen molar-refractivity contribution >= 4 is 22.9 Å². The molecule has 0 unspecified atom stereocenters. The fraction of sp³-hybridized carbons (Fsp3) is 0.312. The molecule has 0 spiro atoms. The zero-order chi connectivity index (χ0) is 15.7. The van der Waals surface area contributed by atoms with Crippen molar-refractivity contribution in [1.82, 2.24) is 19.5 Å². The van der Waals surface area contributed by atoms with Crippen LogP contribution in [0.4, 0.5) is 11.8 Å². The summed E-state index contributed by atoms with van der Waals surface area (Å²) in [5.41, 5.74) is 8.66. The maximum atomic E-state index is 5.89. The first-order valence-corrected chi connectivity index (χ1v) is 7.31. The molecule has 0 radical (unpaired) electrons. The van der Waals surface area contributed by atoms with E-state index in [0.29, 0.717) is 0 Å². The predicted molar refractivity (Wildman–Crippen MR) is 88.7 cm³/mol. The Morgan fingerprint density at radius 2 is 1.91 bits per heavy atom. The van der Waals surface area contributed by atoms with Gasteiger partial charge in [0.15, 0.2) is 17.0 Å². The summed E-state index contributed by atoms with van der Waals surface area (Å²) in [6.07, 6.45) is 1.79. The van der Waals surface area contributed by atoms with E-state index in [-0.39, 0.29) is 12.0 Å². The third kappa shape index (κ3) is 2.59. The third-order valence-electron chi connectivity index (χ3n) is 3.60. The van der Waals surface area contributed by atoms with Gasteiger partial charge >= 0.3 is 0 Å². The zero-order valence-corrected chi connectivity index (χ0v) is 13.1. The summed E-state index contributed by atoms with van der Waals surface area (Å²) in [4.78, 5) is 15.3. The Bertz CT molecular complexity index is 778. The van der Waals surface area contributed by atoms with E-state index >= 15 is 0 Å². The van der Waals surface area contributed by atoms with Gasteiger partial charge in [0.05, 0.1) is 6.33 Å². The lowest BCUT2D eigenvalue weighted by Gasteiger charge is -2.19. The smallest absolute Gasteiger partial charge is 0.224 e. The first-order chi connectivity index (χ1) is 10.6. The molecule has 2 heterocycles. The van der Waals surface area contributed by atoms with Crippen LogP contribution in [-0.2, 0) is 6.54 Å². The number of benzene rings is 1. The van der Waals surface area contributed by atoms with E-state index in [4.69, 9.17) is 5.73 Å². The van der Waals surface area contributed by atoms with Gasteiger partial charge in [0.25, 0.3) is 0 Å². The minimum absolute atomic E-state index is 0.268. The van der Waals surface area contributed by atoms with Crippen LogP contribution < -0.4 is 10.6 Å². The molecule has 6 heteroatoms. The van der Waals surface area contributed by atoms with E-state index < -0.39 is 0 Å². The second-order valence-corrected chi connectivity index (χ2v) is 5.66. The molecule has 0 aliphatic heterocycles. The van der Waals surface area contributed by atoms with Crippen LogP contribution in [0.25, 0.3) is 11.2 Å². The molecule has 0 amide bonds. The first-order valence-electron chi connectivity index (χ1n) is 7.31. The van der Waals surface area contributed by atoms with Crippen molar-refractivity contribution in [2.45, 2.75) is 26.4 Å². The Balaban J connectivity index is 2.03. The van der Waals surface area contributed by atoms with Crippen molar-refractivity contribution in [3.8, 4) is 0 Å². The van der Waals surface area contributed by atoms with E-state index in [9.17, 15) is 0 Å². The van der Waals surface area contributed by atoms with Crippen LogP contribution in [-0.4, -0.2) is 26.6 Å². The second-order valence-electron chi connectivity index (χ2n) is 5.66. The molecule has 6 nitrogen and oxygen atoms in total. The van der Waals surface area contributed by atoms with Crippen LogP contribution >= 0.6 is 0 Å². The number of anilines is 2. The van der Waals surface area contributed by atoms with Crippen LogP contribution in [0.5, 0.6) is 0 Å². The van der Waals surface area contributed by atoms with Gasteiger partial charge in [-0.3, -0.25) is 0 Å². The van der Waals surface area contributed by atoms with Gasteiger partial charge in [0, 0.05) is 19.6 Å². The number of nitrogens with two attached hydrogens (primary N) is 1. The van der Waals surface area contributed by atoms with Gasteiger partial charge in [-0.1, -0.05) is 30.3 Å². The van der Waals surface area contributed by atoms with E-state index in [0.717, 1.165) is 23.5 Å². The molecule has 22 heavy (non-hydrogen) atoms. The fourth-order valence-electron chi connectivity index (χ4n) is 2.49. The standard InChI is InChI=1S/C16H20N6/c1-11(2)22-10-18-13-14(19-16(17)20-15(13)22)21(3)9-12-7-5-4-6-8-12/h4-8,10-11H,9H2,1-3H3,(H2,17,19,20). The first kappa shape index (κ1) is 14.3. The number of rotatable bonds is 4. The van der Waals surface area contributed by atoms with Crippen molar-refractivity contribution in [3.05, 3.63) is 42.2 Å². The highest BCUT2D eigenvalue weighted by Crippen LogP contribution is 2.25. The van der Waals surface area contributed by atoms with Gasteiger partial charge < -0.3 is 15.2 Å². The summed E-state index contributed by atoms with van der Waals surface area (Å²) < 4.78 is 2.01. The molecule has 0 fully saturated rings.